The Balaban J connectivity index is 2.62. The van der Waals surface area contributed by atoms with Crippen LogP contribution in [0.5, 0.6) is 0 Å². The van der Waals surface area contributed by atoms with Gasteiger partial charge in [0.05, 0.1) is 12.1 Å². The number of carbonyl (C=O) groups is 1. The molecule has 1 heterocycles. The van der Waals surface area contributed by atoms with Gasteiger partial charge in [-0.05, 0) is 26.3 Å². The Morgan fingerprint density at radius 2 is 2.25 bits per heavy atom. The van der Waals surface area contributed by atoms with Gasteiger partial charge in [-0.15, -0.1) is 0 Å². The SMILES string of the molecule is CCC(CN)C(=O)Cc1ccn(C(C)C)n1. The van der Waals surface area contributed by atoms with Crippen molar-refractivity contribution in [3.8, 4) is 0 Å². The molecule has 1 aromatic heterocycles. The van der Waals surface area contributed by atoms with Gasteiger partial charge in [0.1, 0.15) is 5.78 Å². The van der Waals surface area contributed by atoms with E-state index in [1.54, 1.807) is 0 Å². The number of nitrogens with two attached hydrogens (primary N) is 1. The van der Waals surface area contributed by atoms with Gasteiger partial charge in [-0.1, -0.05) is 6.92 Å². The minimum Gasteiger partial charge on any atom is -0.330 e. The van der Waals surface area contributed by atoms with Crippen LogP contribution in [-0.2, 0) is 11.2 Å². The molecular formula is C12H21N3O. The number of carbonyl (C=O) groups excluding carboxylic acids is 1. The number of ketones is 1. The second-order valence-corrected chi connectivity index (χ2v) is 4.36. The molecule has 0 aromatic carbocycles. The van der Waals surface area contributed by atoms with E-state index < -0.39 is 0 Å². The van der Waals surface area contributed by atoms with Gasteiger partial charge in [-0.2, -0.15) is 5.10 Å². The first kappa shape index (κ1) is 12.9. The van der Waals surface area contributed by atoms with Crippen LogP contribution < -0.4 is 5.73 Å². The molecule has 4 heteroatoms. The van der Waals surface area contributed by atoms with Crippen LogP contribution in [0.1, 0.15) is 38.9 Å². The quantitative estimate of drug-likeness (QED) is 0.796. The second-order valence-electron chi connectivity index (χ2n) is 4.36. The molecule has 2 N–H and O–H groups in total. The molecule has 1 atom stereocenters. The molecule has 0 aliphatic heterocycles. The molecule has 0 spiro atoms. The molecule has 90 valence electrons. The summed E-state index contributed by atoms with van der Waals surface area (Å²) in [4.78, 5) is 11.8. The molecule has 0 amide bonds. The predicted octanol–water partition coefficient (Wildman–Crippen LogP) is 1.56. The first-order chi connectivity index (χ1) is 7.58. The second kappa shape index (κ2) is 5.80. The monoisotopic (exact) mass is 223 g/mol. The van der Waals surface area contributed by atoms with Crippen LogP contribution in [0.15, 0.2) is 12.3 Å². The van der Waals surface area contributed by atoms with Crippen LogP contribution >= 0.6 is 0 Å². The Kier molecular flexibility index (Phi) is 4.68. The standard InChI is InChI=1S/C12H21N3O/c1-4-10(8-13)12(16)7-11-5-6-15(14-11)9(2)3/h5-6,9-10H,4,7-8,13H2,1-3H3. The van der Waals surface area contributed by atoms with Crippen molar-refractivity contribution in [1.82, 2.24) is 9.78 Å². The van der Waals surface area contributed by atoms with E-state index in [-0.39, 0.29) is 11.7 Å². The number of hydrogen-bond acceptors (Lipinski definition) is 3. The average Bonchev–Trinajstić information content (AvgIpc) is 2.68. The van der Waals surface area contributed by atoms with Crippen LogP contribution in [0, 0.1) is 5.92 Å². The summed E-state index contributed by atoms with van der Waals surface area (Å²) in [5, 5.41) is 4.36. The summed E-state index contributed by atoms with van der Waals surface area (Å²) in [7, 11) is 0. The van der Waals surface area contributed by atoms with Gasteiger partial charge in [0.25, 0.3) is 0 Å². The summed E-state index contributed by atoms with van der Waals surface area (Å²) in [5.41, 5.74) is 6.38. The normalized spacial score (nSPS) is 13.1. The fraction of sp³-hybridized carbons (Fsp3) is 0.667. The number of rotatable bonds is 6. The van der Waals surface area contributed by atoms with Crippen molar-refractivity contribution >= 4 is 5.78 Å². The van der Waals surface area contributed by atoms with Gasteiger partial charge in [0.2, 0.25) is 0 Å². The first-order valence-corrected chi connectivity index (χ1v) is 5.85. The summed E-state index contributed by atoms with van der Waals surface area (Å²) >= 11 is 0. The molecule has 0 aliphatic rings. The smallest absolute Gasteiger partial charge is 0.143 e. The molecular weight excluding hydrogens is 202 g/mol. The van der Waals surface area contributed by atoms with E-state index in [1.165, 1.54) is 0 Å². The largest absolute Gasteiger partial charge is 0.330 e. The van der Waals surface area contributed by atoms with Crippen molar-refractivity contribution in [2.75, 3.05) is 6.54 Å². The minimum atomic E-state index is -0.0239. The summed E-state index contributed by atoms with van der Waals surface area (Å²) in [6, 6.07) is 2.24. The van der Waals surface area contributed by atoms with Crippen LogP contribution in [0.25, 0.3) is 0 Å². The summed E-state index contributed by atoms with van der Waals surface area (Å²) in [6.07, 6.45) is 3.12. The van der Waals surface area contributed by atoms with E-state index in [9.17, 15) is 4.79 Å². The highest BCUT2D eigenvalue weighted by molar-refractivity contribution is 5.83. The Morgan fingerprint density at radius 1 is 1.56 bits per heavy atom. The maximum absolute atomic E-state index is 11.8. The van der Waals surface area contributed by atoms with Crippen LogP contribution in [0.3, 0.4) is 0 Å². The van der Waals surface area contributed by atoms with Gasteiger partial charge >= 0.3 is 0 Å². The Labute approximate surface area is 96.8 Å². The Bertz CT molecular complexity index is 340. The predicted molar refractivity (Wildman–Crippen MR) is 64.2 cm³/mol. The molecule has 4 nitrogen and oxygen atoms in total. The van der Waals surface area contributed by atoms with E-state index >= 15 is 0 Å². The van der Waals surface area contributed by atoms with Gasteiger partial charge in [0, 0.05) is 24.7 Å². The molecule has 0 bridgehead atoms. The summed E-state index contributed by atoms with van der Waals surface area (Å²) in [5.74, 6) is 0.170. The van der Waals surface area contributed by atoms with Crippen molar-refractivity contribution in [3.05, 3.63) is 18.0 Å². The van der Waals surface area contributed by atoms with Crippen LogP contribution in [0.2, 0.25) is 0 Å². The summed E-state index contributed by atoms with van der Waals surface area (Å²) in [6.45, 7) is 6.54. The van der Waals surface area contributed by atoms with Crippen molar-refractivity contribution < 1.29 is 4.79 Å². The molecule has 1 rings (SSSR count). The molecule has 0 aliphatic carbocycles. The van der Waals surface area contributed by atoms with Crippen molar-refractivity contribution in [2.24, 2.45) is 11.7 Å². The fourth-order valence-electron chi connectivity index (χ4n) is 1.61. The molecule has 16 heavy (non-hydrogen) atoms. The van der Waals surface area contributed by atoms with Crippen molar-refractivity contribution in [1.29, 1.82) is 0 Å². The first-order valence-electron chi connectivity index (χ1n) is 5.85. The van der Waals surface area contributed by atoms with E-state index in [0.717, 1.165) is 12.1 Å². The van der Waals surface area contributed by atoms with E-state index in [1.807, 2.05) is 23.9 Å². The molecule has 1 aromatic rings. The van der Waals surface area contributed by atoms with Crippen LogP contribution in [-0.4, -0.2) is 22.1 Å². The zero-order chi connectivity index (χ0) is 12.1. The molecule has 0 saturated carbocycles. The Hall–Kier alpha value is -1.16. The highest BCUT2D eigenvalue weighted by Crippen LogP contribution is 2.09. The number of Topliss-reactive ketones (excluding diaryl/α,β-unsaturated/α-hetero) is 1. The molecule has 0 fully saturated rings. The topological polar surface area (TPSA) is 60.9 Å². The van der Waals surface area contributed by atoms with Gasteiger partial charge in [-0.3, -0.25) is 9.48 Å². The third-order valence-corrected chi connectivity index (χ3v) is 2.78. The number of nitrogens with zero attached hydrogens (tertiary/aromatic N) is 2. The van der Waals surface area contributed by atoms with E-state index in [4.69, 9.17) is 5.73 Å². The number of hydrogen-bond donors (Lipinski definition) is 1. The van der Waals surface area contributed by atoms with Gasteiger partial charge < -0.3 is 5.73 Å². The average molecular weight is 223 g/mol. The van der Waals surface area contributed by atoms with E-state index in [2.05, 4.69) is 18.9 Å². The van der Waals surface area contributed by atoms with Crippen molar-refractivity contribution in [2.45, 2.75) is 39.7 Å². The Morgan fingerprint density at radius 3 is 2.69 bits per heavy atom. The lowest BCUT2D eigenvalue weighted by atomic mass is 9.98. The van der Waals surface area contributed by atoms with Gasteiger partial charge in [0.15, 0.2) is 0 Å². The molecule has 0 radical (unpaired) electrons. The van der Waals surface area contributed by atoms with Crippen LogP contribution in [0.4, 0.5) is 0 Å². The summed E-state index contributed by atoms with van der Waals surface area (Å²) < 4.78 is 1.87. The lowest BCUT2D eigenvalue weighted by Gasteiger charge is -2.09. The van der Waals surface area contributed by atoms with E-state index in [0.29, 0.717) is 19.0 Å². The number of aromatic nitrogens is 2. The third kappa shape index (κ3) is 3.17. The maximum atomic E-state index is 11.8. The zero-order valence-corrected chi connectivity index (χ0v) is 10.3. The van der Waals surface area contributed by atoms with Crippen molar-refractivity contribution in [3.63, 3.8) is 0 Å². The molecule has 0 saturated heterocycles. The minimum absolute atomic E-state index is 0.0239. The lowest BCUT2D eigenvalue weighted by molar-refractivity contribution is -0.122. The lowest BCUT2D eigenvalue weighted by Crippen LogP contribution is -2.24. The maximum Gasteiger partial charge on any atom is 0.143 e. The zero-order valence-electron chi connectivity index (χ0n) is 10.3. The third-order valence-electron chi connectivity index (χ3n) is 2.78. The highest BCUT2D eigenvalue weighted by atomic mass is 16.1. The highest BCUT2D eigenvalue weighted by Gasteiger charge is 2.16. The fourth-order valence-corrected chi connectivity index (χ4v) is 1.61. The molecule has 1 unspecified atom stereocenters. The van der Waals surface area contributed by atoms with Gasteiger partial charge in [-0.25, -0.2) is 0 Å².